The van der Waals surface area contributed by atoms with Crippen LogP contribution in [-0.2, 0) is 43.1 Å². The van der Waals surface area contributed by atoms with Gasteiger partial charge < -0.3 is 28.5 Å². The number of hydrogen-bond acceptors (Lipinski definition) is 8. The van der Waals surface area contributed by atoms with Gasteiger partial charge in [-0.05, 0) is 79.2 Å². The Bertz CT molecular complexity index is 1570. The molecule has 0 bridgehead atoms. The van der Waals surface area contributed by atoms with E-state index < -0.39 is 38.6 Å². The van der Waals surface area contributed by atoms with Crippen molar-refractivity contribution < 1.29 is 38.1 Å². The summed E-state index contributed by atoms with van der Waals surface area (Å²) in [5.41, 5.74) is 3.34. The number of aliphatic hydroxyl groups excluding tert-OH is 1. The molecule has 51 heavy (non-hydrogen) atoms. The van der Waals surface area contributed by atoms with Crippen LogP contribution in [0.1, 0.15) is 57.7 Å². The van der Waals surface area contributed by atoms with E-state index in [4.69, 9.17) is 23.4 Å². The first-order valence-electron chi connectivity index (χ1n) is 17.7. The van der Waals surface area contributed by atoms with E-state index in [-0.39, 0.29) is 30.5 Å². The smallest absolute Gasteiger partial charge is 0.417 e. The van der Waals surface area contributed by atoms with Gasteiger partial charge in [0.15, 0.2) is 14.4 Å². The summed E-state index contributed by atoms with van der Waals surface area (Å²) in [5.74, 6) is 0.142. The molecular weight excluding hydrogens is 663 g/mol. The Morgan fingerprint density at radius 3 is 2.10 bits per heavy atom. The van der Waals surface area contributed by atoms with Gasteiger partial charge in [0, 0.05) is 0 Å². The fraction of sp³-hybridized carbons (Fsp3) is 0.463. The van der Waals surface area contributed by atoms with E-state index in [1.165, 1.54) is 0 Å². The van der Waals surface area contributed by atoms with E-state index in [1.807, 2.05) is 97.9 Å². The van der Waals surface area contributed by atoms with Crippen molar-refractivity contribution in [2.24, 2.45) is 0 Å². The number of cyclic esters (lactones) is 1. The topological polar surface area (TPSA) is 104 Å². The molecule has 1 fully saturated rings. The third kappa shape index (κ3) is 11.1. The first-order chi connectivity index (χ1) is 24.2. The Hall–Kier alpha value is -3.80. The second kappa shape index (κ2) is 18.1. The van der Waals surface area contributed by atoms with Crippen molar-refractivity contribution in [1.29, 1.82) is 0 Å². The van der Waals surface area contributed by atoms with Crippen LogP contribution in [0, 0.1) is 0 Å². The fourth-order valence-electron chi connectivity index (χ4n) is 5.57. The number of amides is 2. The number of carbonyl (C=O) groups excluding carboxylic acids is 2. The van der Waals surface area contributed by atoms with Gasteiger partial charge >= 0.3 is 6.09 Å². The third-order valence-corrected chi connectivity index (χ3v) is 14.4. The second-order valence-corrected chi connectivity index (χ2v) is 19.5. The van der Waals surface area contributed by atoms with Gasteiger partial charge in [-0.1, -0.05) is 99.6 Å². The van der Waals surface area contributed by atoms with Crippen LogP contribution in [-0.4, -0.2) is 74.5 Å². The summed E-state index contributed by atoms with van der Waals surface area (Å²) in [6.07, 6.45) is -1.29. The maximum absolute atomic E-state index is 14.2. The van der Waals surface area contributed by atoms with E-state index in [1.54, 1.807) is 14.0 Å². The summed E-state index contributed by atoms with van der Waals surface area (Å²) >= 11 is 0. The zero-order valence-electron chi connectivity index (χ0n) is 31.3. The lowest BCUT2D eigenvalue weighted by Gasteiger charge is -2.40. The molecule has 3 aromatic rings. The predicted molar refractivity (Wildman–Crippen MR) is 201 cm³/mol. The van der Waals surface area contributed by atoms with Crippen LogP contribution < -0.4 is 4.74 Å². The largest absolute Gasteiger partial charge is 0.497 e. The van der Waals surface area contributed by atoms with Gasteiger partial charge in [-0.15, -0.1) is 0 Å². The van der Waals surface area contributed by atoms with Crippen molar-refractivity contribution >= 4 is 20.3 Å². The highest BCUT2D eigenvalue weighted by Crippen LogP contribution is 2.38. The number of nitrogens with zero attached hydrogens (tertiary/aromatic N) is 1. The highest BCUT2D eigenvalue weighted by Gasteiger charge is 2.44. The molecular formula is C41H55NO8Si. The van der Waals surface area contributed by atoms with Crippen molar-refractivity contribution in [3.05, 3.63) is 113 Å². The zero-order chi connectivity index (χ0) is 37.2. The predicted octanol–water partition coefficient (Wildman–Crippen LogP) is 7.86. The van der Waals surface area contributed by atoms with Gasteiger partial charge in [0.25, 0.3) is 5.91 Å². The number of aliphatic hydroxyl groups is 1. The molecule has 0 aromatic heterocycles. The number of ether oxygens (including phenoxy) is 4. The molecule has 276 valence electrons. The van der Waals surface area contributed by atoms with Crippen molar-refractivity contribution in [2.45, 2.75) is 109 Å². The zero-order valence-corrected chi connectivity index (χ0v) is 32.3. The number of methoxy groups -OCH3 is 1. The summed E-state index contributed by atoms with van der Waals surface area (Å²) < 4.78 is 30.1. The average Bonchev–Trinajstić information content (AvgIpc) is 3.48. The van der Waals surface area contributed by atoms with Gasteiger partial charge in [0.1, 0.15) is 18.5 Å². The molecule has 1 N–H and O–H groups in total. The third-order valence-electron chi connectivity index (χ3n) is 9.90. The molecule has 1 aliphatic heterocycles. The minimum Gasteiger partial charge on any atom is -0.497 e. The summed E-state index contributed by atoms with van der Waals surface area (Å²) in [7, 11) is -0.593. The first-order valence-corrected chi connectivity index (χ1v) is 20.6. The molecule has 0 unspecified atom stereocenters. The number of carbonyl (C=O) groups is 2. The lowest BCUT2D eigenvalue weighted by molar-refractivity contribution is -0.149. The molecule has 1 aliphatic rings. The average molecular weight is 718 g/mol. The first kappa shape index (κ1) is 40.0. The van der Waals surface area contributed by atoms with Crippen LogP contribution in [0.15, 0.2) is 96.6 Å². The SMILES string of the molecule is COc1ccc(CO[C@H](C)[C@@H](C/C=C(\C)[C@@H](O)[C@H](OCc2ccccc2)C(=O)N2C(=O)OC[C@@H]2Cc2ccccc2)O[Si](C)(C)C(C)(C)C)cc1. The second-order valence-electron chi connectivity index (χ2n) is 14.8. The van der Waals surface area contributed by atoms with E-state index in [2.05, 4.69) is 33.9 Å². The molecule has 0 radical (unpaired) electrons. The van der Waals surface area contributed by atoms with Crippen molar-refractivity contribution in [3.8, 4) is 5.75 Å². The van der Waals surface area contributed by atoms with Crippen LogP contribution in [0.2, 0.25) is 18.1 Å². The summed E-state index contributed by atoms with van der Waals surface area (Å²) in [4.78, 5) is 28.3. The number of imide groups is 1. The van der Waals surface area contributed by atoms with E-state index in [0.29, 0.717) is 25.0 Å². The molecule has 0 spiro atoms. The monoisotopic (exact) mass is 717 g/mol. The lowest BCUT2D eigenvalue weighted by Crippen LogP contribution is -2.50. The van der Waals surface area contributed by atoms with E-state index >= 15 is 0 Å². The lowest BCUT2D eigenvalue weighted by atomic mass is 10.00. The number of benzene rings is 3. The van der Waals surface area contributed by atoms with Crippen LogP contribution >= 0.6 is 0 Å². The summed E-state index contributed by atoms with van der Waals surface area (Å²) in [5, 5.41) is 11.8. The van der Waals surface area contributed by atoms with Crippen molar-refractivity contribution in [3.63, 3.8) is 0 Å². The van der Waals surface area contributed by atoms with Crippen molar-refractivity contribution in [2.75, 3.05) is 13.7 Å². The van der Waals surface area contributed by atoms with Crippen LogP contribution in [0.5, 0.6) is 5.75 Å². The Morgan fingerprint density at radius 1 is 0.941 bits per heavy atom. The molecule has 0 saturated carbocycles. The van der Waals surface area contributed by atoms with Gasteiger partial charge in [-0.25, -0.2) is 9.69 Å². The number of rotatable bonds is 17. The molecule has 5 atom stereocenters. The standard InChI is InChI=1S/C41H55NO8Si/c1-29(19-24-36(50-51(7,8)41(3,4)5)30(2)47-26-33-20-22-35(46-6)23-21-33)37(43)38(48-27-32-17-13-10-14-18-32)39(44)42-34(28-49-40(42)45)25-31-15-11-9-12-16-31/h9-23,30,34,36-38,43H,24-28H2,1-8H3/b29-19+/t30-,34+,36-,37-,38+/m1/s1. The number of hydrogen-bond donors (Lipinski definition) is 1. The highest BCUT2D eigenvalue weighted by molar-refractivity contribution is 6.74. The molecule has 1 heterocycles. The van der Waals surface area contributed by atoms with E-state index in [9.17, 15) is 14.7 Å². The Labute approximate surface area is 304 Å². The maximum Gasteiger partial charge on any atom is 0.417 e. The molecule has 0 aliphatic carbocycles. The van der Waals surface area contributed by atoms with Gasteiger partial charge in [0.2, 0.25) is 0 Å². The van der Waals surface area contributed by atoms with Crippen molar-refractivity contribution in [1.82, 2.24) is 4.90 Å². The normalized spacial score (nSPS) is 17.8. The van der Waals surface area contributed by atoms with Gasteiger partial charge in [-0.3, -0.25) is 4.79 Å². The Morgan fingerprint density at radius 2 is 1.51 bits per heavy atom. The molecule has 2 amide bonds. The van der Waals surface area contributed by atoms with Crippen LogP contribution in [0.4, 0.5) is 4.79 Å². The fourth-order valence-corrected chi connectivity index (χ4v) is 6.97. The molecule has 1 saturated heterocycles. The van der Waals surface area contributed by atoms with E-state index in [0.717, 1.165) is 27.3 Å². The Balaban J connectivity index is 1.56. The molecule has 3 aromatic carbocycles. The van der Waals surface area contributed by atoms with Gasteiger partial charge in [0.05, 0.1) is 38.6 Å². The minimum atomic E-state index is -2.23. The van der Waals surface area contributed by atoms with Crippen LogP contribution in [0.3, 0.4) is 0 Å². The summed E-state index contributed by atoms with van der Waals surface area (Å²) in [6.45, 7) is 15.3. The maximum atomic E-state index is 14.2. The molecule has 9 nitrogen and oxygen atoms in total. The highest BCUT2D eigenvalue weighted by atomic mass is 28.4. The quantitative estimate of drug-likeness (QED) is 0.111. The Kier molecular flexibility index (Phi) is 14.2. The summed E-state index contributed by atoms with van der Waals surface area (Å²) in [6, 6.07) is 26.3. The molecule has 10 heteroatoms. The van der Waals surface area contributed by atoms with Crippen LogP contribution in [0.25, 0.3) is 0 Å². The van der Waals surface area contributed by atoms with Gasteiger partial charge in [-0.2, -0.15) is 0 Å². The molecule has 4 rings (SSSR count). The minimum absolute atomic E-state index is 0.0390.